The molecule has 0 spiro atoms. The zero-order valence-corrected chi connectivity index (χ0v) is 11.0. The minimum atomic E-state index is -3.79. The molecule has 0 rings (SSSR count). The number of rotatable bonds is 6. The number of hydrogen-bond acceptors (Lipinski definition) is 6. The van der Waals surface area contributed by atoms with Crippen LogP contribution in [0.25, 0.3) is 0 Å². The van der Waals surface area contributed by atoms with Gasteiger partial charge < -0.3 is 0 Å². The van der Waals surface area contributed by atoms with Crippen molar-refractivity contribution in [2.75, 3.05) is 0 Å². The molecule has 0 radical (unpaired) electrons. The van der Waals surface area contributed by atoms with Crippen molar-refractivity contribution < 1.29 is 39.6 Å². The third-order valence-electron chi connectivity index (χ3n) is 0.944. The van der Waals surface area contributed by atoms with Crippen molar-refractivity contribution in [3.63, 3.8) is 0 Å². The van der Waals surface area contributed by atoms with Gasteiger partial charge in [-0.3, -0.25) is 0 Å². The second-order valence-corrected chi connectivity index (χ2v) is 8.51. The Bertz CT molecular complexity index is 305. The second kappa shape index (κ2) is 6.24. The van der Waals surface area contributed by atoms with Gasteiger partial charge in [0, 0.05) is 0 Å². The van der Waals surface area contributed by atoms with Gasteiger partial charge in [0.1, 0.15) is 0 Å². The molecule has 10 nitrogen and oxygen atoms in total. The van der Waals surface area contributed by atoms with Crippen LogP contribution < -0.4 is 0 Å². The van der Waals surface area contributed by atoms with E-state index in [1.165, 1.54) is 0 Å². The van der Waals surface area contributed by atoms with Gasteiger partial charge in [-0.2, -0.15) is 0 Å². The topological polar surface area (TPSA) is 174 Å². The predicted molar refractivity (Wildman–Crippen MR) is 48.5 cm³/mol. The summed E-state index contributed by atoms with van der Waals surface area (Å²) in [6.45, 7) is 0. The van der Waals surface area contributed by atoms with Crippen LogP contribution in [0.2, 0.25) is 0 Å². The zero-order valence-electron chi connectivity index (χ0n) is 7.21. The van der Waals surface area contributed by atoms with Crippen LogP contribution in [0.4, 0.5) is 19.2 Å². The second-order valence-electron chi connectivity index (χ2n) is 1.93. The fourth-order valence-corrected chi connectivity index (χ4v) is 3.81. The summed E-state index contributed by atoms with van der Waals surface area (Å²) in [6.07, 6.45) is 0. The summed E-state index contributed by atoms with van der Waals surface area (Å²) in [4.78, 5) is 41.4. The monoisotopic (exact) mass is 358 g/mol. The van der Waals surface area contributed by atoms with Crippen LogP contribution in [0.15, 0.2) is 8.06 Å². The first-order chi connectivity index (χ1) is 7.27. The molecule has 0 aliphatic rings. The third-order valence-corrected chi connectivity index (χ3v) is 5.78. The van der Waals surface area contributed by atoms with Crippen LogP contribution in [-0.2, 0) is 0 Å². The Morgan fingerprint density at radius 2 is 0.812 bits per heavy atom. The Hall–Kier alpha value is -1.40. The summed E-state index contributed by atoms with van der Waals surface area (Å²) < 4.78 is -1.18. The average molecular weight is 358 g/mol. The Morgan fingerprint density at radius 3 is 0.938 bits per heavy atom. The van der Waals surface area contributed by atoms with Gasteiger partial charge in [0.2, 0.25) is 0 Å². The summed E-state index contributed by atoms with van der Waals surface area (Å²) in [5.74, 6) is 0. The van der Waals surface area contributed by atoms with Gasteiger partial charge in [0.25, 0.3) is 0 Å². The van der Waals surface area contributed by atoms with Crippen molar-refractivity contribution in [3.8, 4) is 0 Å². The quantitative estimate of drug-likeness (QED) is 0.391. The molecule has 0 fully saturated rings. The first-order valence-electron chi connectivity index (χ1n) is 3.21. The molecule has 0 unspecified atom stereocenters. The van der Waals surface area contributed by atoms with Gasteiger partial charge in [0.15, 0.2) is 0 Å². The molecule has 0 saturated carbocycles. The number of carboxylic acid groups (broad SMARTS) is 4. The van der Waals surface area contributed by atoms with Crippen LogP contribution in [0.3, 0.4) is 0 Å². The molecule has 12 heteroatoms. The fourth-order valence-electron chi connectivity index (χ4n) is 0.397. The minimum absolute atomic E-state index is 1.71. The normalized spacial score (nSPS) is 10.9. The van der Waals surface area contributed by atoms with Gasteiger partial charge in [-0.1, -0.05) is 0 Å². The van der Waals surface area contributed by atoms with Crippen LogP contribution >= 0.6 is 0 Å². The summed E-state index contributed by atoms with van der Waals surface area (Å²) in [7, 11) is 0. The van der Waals surface area contributed by atoms with Gasteiger partial charge in [-0.15, -0.1) is 0 Å². The summed E-state index contributed by atoms with van der Waals surface area (Å²) in [5, 5.41) is 33.5. The van der Waals surface area contributed by atoms with Crippen molar-refractivity contribution in [3.05, 3.63) is 0 Å². The van der Waals surface area contributed by atoms with Crippen molar-refractivity contribution in [2.24, 2.45) is 8.06 Å². The summed E-state index contributed by atoms with van der Waals surface area (Å²) in [6, 6.07) is 0. The van der Waals surface area contributed by atoms with E-state index >= 15 is 0 Å². The van der Waals surface area contributed by atoms with Crippen LogP contribution in [0.5, 0.6) is 0 Å². The van der Waals surface area contributed by atoms with Crippen molar-refractivity contribution in [1.29, 1.82) is 0 Å². The molecule has 0 heterocycles. The molecule has 4 N–H and O–H groups in total. The number of nitrogens with zero attached hydrogens (tertiary/aromatic N) is 2. The molecular formula is C4H4As2N2O8. The van der Waals surface area contributed by atoms with Gasteiger partial charge >= 0.3 is 96.4 Å². The van der Waals surface area contributed by atoms with E-state index in [4.69, 9.17) is 20.4 Å². The van der Waals surface area contributed by atoms with Crippen LogP contribution in [-0.4, -0.2) is 69.2 Å². The summed E-state index contributed by atoms with van der Waals surface area (Å²) >= 11 is -7.58. The van der Waals surface area contributed by atoms with E-state index in [0.29, 0.717) is 0 Å². The Kier molecular flexibility index (Phi) is 5.69. The van der Waals surface area contributed by atoms with E-state index < -0.39 is 48.8 Å². The fraction of sp³-hybridized carbons (Fsp3) is 0. The predicted octanol–water partition coefficient (Wildman–Crippen LogP) is 0.460. The maximum atomic E-state index is 10.3. The first kappa shape index (κ1) is 14.6. The van der Waals surface area contributed by atoms with Gasteiger partial charge in [-0.05, 0) is 0 Å². The molecule has 88 valence electrons. The molecule has 0 aromatic heterocycles. The average Bonchev–Trinajstić information content (AvgIpc) is 2.09. The molecule has 0 aliphatic heterocycles. The Labute approximate surface area is 96.6 Å². The van der Waals surface area contributed by atoms with Crippen LogP contribution in [0, 0.1) is 0 Å². The van der Waals surface area contributed by atoms with E-state index in [1.54, 1.807) is 0 Å². The molecule has 0 aliphatic carbocycles. The number of carbonyl (C=O) groups is 4. The molecule has 0 bridgehead atoms. The molecular weight excluding hydrogens is 354 g/mol. The Balaban J connectivity index is 4.90. The zero-order chi connectivity index (χ0) is 12.9. The maximum absolute atomic E-state index is 10.3. The van der Waals surface area contributed by atoms with Crippen LogP contribution in [0.1, 0.15) is 0 Å². The molecule has 0 saturated heterocycles. The van der Waals surface area contributed by atoms with Crippen molar-refractivity contribution in [2.45, 2.75) is 0 Å². The molecule has 0 atom stereocenters. The molecule has 16 heavy (non-hydrogen) atoms. The van der Waals surface area contributed by atoms with E-state index in [0.717, 1.165) is 0 Å². The van der Waals surface area contributed by atoms with Gasteiger partial charge in [0.05, 0.1) is 0 Å². The molecule has 0 aromatic carbocycles. The van der Waals surface area contributed by atoms with Gasteiger partial charge in [-0.25, -0.2) is 0 Å². The van der Waals surface area contributed by atoms with E-state index in [2.05, 4.69) is 8.06 Å². The molecule has 0 aromatic rings. The molecule has 0 amide bonds. The van der Waals surface area contributed by atoms with Crippen molar-refractivity contribution >= 4 is 48.8 Å². The summed E-state index contributed by atoms with van der Waals surface area (Å²) in [5.41, 5.74) is 0. The van der Waals surface area contributed by atoms with E-state index in [9.17, 15) is 19.2 Å². The number of hydrogen-bond donors (Lipinski definition) is 4. The standard InChI is InChI=1S/C4H4As2N2O8/c9-1(10)5(2(11)12)7-8-6(3(13)14)4(15)16/h(H,9,10)(H,11,12)(H,13,14)(H,15,16)/b8-7+. The SMILES string of the molecule is O=C(O)[As](/N=N/[As](C(=O)O)C(=O)O)C(=O)O. The first-order valence-corrected chi connectivity index (χ1v) is 8.64. The van der Waals surface area contributed by atoms with Crippen molar-refractivity contribution in [1.82, 2.24) is 0 Å². The van der Waals surface area contributed by atoms with E-state index in [-0.39, 0.29) is 0 Å². The third kappa shape index (κ3) is 4.41. The Morgan fingerprint density at radius 1 is 0.625 bits per heavy atom. The van der Waals surface area contributed by atoms with E-state index in [1.807, 2.05) is 0 Å².